The number of carbonyl (C=O) groups is 1. The molecule has 0 fully saturated rings. The van der Waals surface area contributed by atoms with Gasteiger partial charge in [-0.05, 0) is 24.1 Å². The van der Waals surface area contributed by atoms with Gasteiger partial charge in [-0.1, -0.05) is 42.5 Å². The Morgan fingerprint density at radius 1 is 1.11 bits per heavy atom. The third kappa shape index (κ3) is 3.11. The first kappa shape index (κ1) is 14.7. The second kappa shape index (κ2) is 6.02. The van der Waals surface area contributed by atoms with Crippen LogP contribution < -0.4 is 0 Å². The van der Waals surface area contributed by atoms with E-state index in [4.69, 9.17) is 5.11 Å². The summed E-state index contributed by atoms with van der Waals surface area (Å²) in [5, 5.41) is 18.9. The zero-order valence-corrected chi connectivity index (χ0v) is 10.5. The van der Waals surface area contributed by atoms with Crippen molar-refractivity contribution in [3.63, 3.8) is 0 Å². The number of hydrogen-bond acceptors (Lipinski definition) is 2. The fraction of sp³-hybridized carbons (Fsp3) is 0.133. The van der Waals surface area contributed by atoms with Gasteiger partial charge in [-0.25, -0.2) is 0 Å². The molecule has 0 bridgehead atoms. The summed E-state index contributed by atoms with van der Waals surface area (Å²) < 4.78 is 0. The first-order chi connectivity index (χ1) is 8.59. The molecule has 0 amide bonds. The molecule has 0 unspecified atom stereocenters. The molecule has 4 nitrogen and oxygen atoms in total. The summed E-state index contributed by atoms with van der Waals surface area (Å²) in [6.07, 6.45) is 0. The topological polar surface area (TPSA) is 89.0 Å². The summed E-state index contributed by atoms with van der Waals surface area (Å²) in [5.74, 6) is -1.42. The third-order valence-electron chi connectivity index (χ3n) is 2.98. The van der Waals surface area contributed by atoms with Crippen molar-refractivity contribution in [3.05, 3.63) is 54.1 Å². The second-order valence-electron chi connectivity index (χ2n) is 4.20. The average molecular weight is 260 g/mol. The molecule has 1 atom stereocenters. The first-order valence-electron chi connectivity index (χ1n) is 5.70. The number of carboxylic acids is 1. The second-order valence-corrected chi connectivity index (χ2v) is 4.20. The van der Waals surface area contributed by atoms with E-state index in [9.17, 15) is 9.90 Å². The maximum Gasteiger partial charge on any atom is 0.310 e. The third-order valence-corrected chi connectivity index (χ3v) is 2.98. The van der Waals surface area contributed by atoms with Gasteiger partial charge in [-0.3, -0.25) is 4.79 Å². The van der Waals surface area contributed by atoms with Gasteiger partial charge in [0.2, 0.25) is 0 Å². The van der Waals surface area contributed by atoms with Gasteiger partial charge in [-0.2, -0.15) is 0 Å². The van der Waals surface area contributed by atoms with Crippen LogP contribution in [0.5, 0.6) is 5.75 Å². The molecule has 100 valence electrons. The van der Waals surface area contributed by atoms with Crippen molar-refractivity contribution in [2.24, 2.45) is 0 Å². The minimum absolute atomic E-state index is 0. The van der Waals surface area contributed by atoms with Gasteiger partial charge in [0.1, 0.15) is 5.75 Å². The number of aliphatic carboxylic acids is 1. The maximum absolute atomic E-state index is 10.9. The minimum Gasteiger partial charge on any atom is -0.507 e. The number of phenolic OH excluding ortho intramolecular Hbond substituents is 1. The van der Waals surface area contributed by atoms with E-state index >= 15 is 0 Å². The van der Waals surface area contributed by atoms with E-state index in [0.29, 0.717) is 11.1 Å². The monoisotopic (exact) mass is 260 g/mol. The van der Waals surface area contributed by atoms with Crippen LogP contribution in [0.25, 0.3) is 11.1 Å². The summed E-state index contributed by atoms with van der Waals surface area (Å²) in [5.41, 5.74) is 2.21. The van der Waals surface area contributed by atoms with Gasteiger partial charge in [0.15, 0.2) is 0 Å². The van der Waals surface area contributed by atoms with Gasteiger partial charge in [-0.15, -0.1) is 0 Å². The van der Waals surface area contributed by atoms with Gasteiger partial charge in [0.25, 0.3) is 0 Å². The Kier molecular flexibility index (Phi) is 4.67. The summed E-state index contributed by atoms with van der Waals surface area (Å²) in [4.78, 5) is 10.9. The van der Waals surface area contributed by atoms with E-state index in [0.717, 1.165) is 5.56 Å². The molecule has 0 aliphatic rings. The van der Waals surface area contributed by atoms with E-state index in [2.05, 4.69) is 0 Å². The number of phenols is 1. The molecule has 0 radical (unpaired) electrons. The van der Waals surface area contributed by atoms with Crippen molar-refractivity contribution in [3.8, 4) is 16.9 Å². The Bertz CT molecular complexity index is 564. The van der Waals surface area contributed by atoms with Crippen LogP contribution in [0.2, 0.25) is 0 Å². The van der Waals surface area contributed by atoms with E-state index in [-0.39, 0.29) is 11.2 Å². The maximum atomic E-state index is 10.9. The molecule has 0 saturated heterocycles. The lowest BCUT2D eigenvalue weighted by Gasteiger charge is -2.10. The number of aromatic hydroxyl groups is 1. The number of rotatable bonds is 3. The minimum atomic E-state index is -0.901. The van der Waals surface area contributed by atoms with E-state index in [1.54, 1.807) is 19.1 Å². The Labute approximate surface area is 111 Å². The largest absolute Gasteiger partial charge is 0.507 e. The standard InChI is InChI=1S/C15H14O3.H2O/c1-10(15(17)18)12-7-8-13(14(16)9-12)11-5-3-2-4-6-11;/h2-10,16H,1H3,(H,17,18);1H2/t10-;/m1./s1. The molecule has 0 aliphatic carbocycles. The molecule has 0 heterocycles. The molecule has 0 saturated carbocycles. The zero-order valence-electron chi connectivity index (χ0n) is 10.5. The molecule has 19 heavy (non-hydrogen) atoms. The van der Waals surface area contributed by atoms with Crippen LogP contribution >= 0.6 is 0 Å². The summed E-state index contributed by atoms with van der Waals surface area (Å²) >= 11 is 0. The van der Waals surface area contributed by atoms with Crippen molar-refractivity contribution >= 4 is 5.97 Å². The molecular formula is C15H16O4. The van der Waals surface area contributed by atoms with E-state index in [1.807, 2.05) is 30.3 Å². The van der Waals surface area contributed by atoms with Crippen molar-refractivity contribution < 1.29 is 20.5 Å². The Hall–Kier alpha value is -2.33. The molecule has 0 aliphatic heterocycles. The van der Waals surface area contributed by atoms with Gasteiger partial charge in [0, 0.05) is 5.56 Å². The van der Waals surface area contributed by atoms with Crippen molar-refractivity contribution in [1.29, 1.82) is 0 Å². The van der Waals surface area contributed by atoms with E-state index in [1.165, 1.54) is 6.07 Å². The van der Waals surface area contributed by atoms with Crippen molar-refractivity contribution in [2.45, 2.75) is 12.8 Å². The highest BCUT2D eigenvalue weighted by molar-refractivity contribution is 5.77. The highest BCUT2D eigenvalue weighted by Crippen LogP contribution is 2.31. The molecule has 2 aromatic rings. The number of hydrogen-bond donors (Lipinski definition) is 2. The molecule has 2 aromatic carbocycles. The number of benzene rings is 2. The van der Waals surface area contributed by atoms with Crippen LogP contribution in [0.3, 0.4) is 0 Å². The lowest BCUT2D eigenvalue weighted by atomic mass is 9.97. The highest BCUT2D eigenvalue weighted by atomic mass is 16.4. The lowest BCUT2D eigenvalue weighted by Crippen LogP contribution is -2.07. The van der Waals surface area contributed by atoms with Gasteiger partial charge >= 0.3 is 5.97 Å². The van der Waals surface area contributed by atoms with Crippen LogP contribution in [0.1, 0.15) is 18.4 Å². The van der Waals surface area contributed by atoms with Crippen molar-refractivity contribution in [2.75, 3.05) is 0 Å². The van der Waals surface area contributed by atoms with E-state index < -0.39 is 11.9 Å². The van der Waals surface area contributed by atoms with Crippen molar-refractivity contribution in [1.82, 2.24) is 0 Å². The molecule has 4 N–H and O–H groups in total. The smallest absolute Gasteiger partial charge is 0.310 e. The zero-order chi connectivity index (χ0) is 13.1. The Morgan fingerprint density at radius 2 is 1.74 bits per heavy atom. The van der Waals surface area contributed by atoms with Crippen LogP contribution in [0.4, 0.5) is 0 Å². The quantitative estimate of drug-likeness (QED) is 0.888. The fourth-order valence-corrected chi connectivity index (χ4v) is 1.82. The Balaban J connectivity index is 0.00000180. The summed E-state index contributed by atoms with van der Waals surface area (Å²) in [7, 11) is 0. The Morgan fingerprint density at radius 3 is 2.26 bits per heavy atom. The molecule has 2 rings (SSSR count). The van der Waals surface area contributed by atoms with Crippen LogP contribution in [-0.2, 0) is 4.79 Å². The lowest BCUT2D eigenvalue weighted by molar-refractivity contribution is -0.138. The summed E-state index contributed by atoms with van der Waals surface area (Å²) in [6.45, 7) is 1.60. The molecule has 4 heteroatoms. The summed E-state index contributed by atoms with van der Waals surface area (Å²) in [6, 6.07) is 14.5. The SMILES string of the molecule is C[C@@H](C(=O)O)c1ccc(-c2ccccc2)c(O)c1.O. The first-order valence-corrected chi connectivity index (χ1v) is 5.70. The fourth-order valence-electron chi connectivity index (χ4n) is 1.82. The van der Waals surface area contributed by atoms with Crippen LogP contribution in [-0.4, -0.2) is 21.7 Å². The molecule has 0 spiro atoms. The van der Waals surface area contributed by atoms with Gasteiger partial charge < -0.3 is 15.7 Å². The normalized spacial score (nSPS) is 11.4. The number of carboxylic acid groups (broad SMARTS) is 1. The van der Waals surface area contributed by atoms with Gasteiger partial charge in [0.05, 0.1) is 5.92 Å². The molecular weight excluding hydrogens is 244 g/mol. The van der Waals surface area contributed by atoms with Crippen LogP contribution in [0, 0.1) is 0 Å². The average Bonchev–Trinajstić information content (AvgIpc) is 2.38. The molecule has 0 aromatic heterocycles. The predicted octanol–water partition coefficient (Wildman–Crippen LogP) is 2.42. The highest BCUT2D eigenvalue weighted by Gasteiger charge is 2.15. The van der Waals surface area contributed by atoms with Crippen LogP contribution in [0.15, 0.2) is 48.5 Å². The predicted molar refractivity (Wildman–Crippen MR) is 73.2 cm³/mol.